The van der Waals surface area contributed by atoms with Crippen LogP contribution in [0.15, 0.2) is 12.3 Å². The van der Waals surface area contributed by atoms with Crippen LogP contribution in [0.25, 0.3) is 10.9 Å². The molecule has 0 spiro atoms. The highest BCUT2D eigenvalue weighted by Crippen LogP contribution is 2.18. The van der Waals surface area contributed by atoms with Gasteiger partial charge in [0.05, 0.1) is 10.9 Å². The first-order chi connectivity index (χ1) is 5.27. The molecule has 2 aromatic heterocycles. The van der Waals surface area contributed by atoms with Crippen molar-refractivity contribution in [3.63, 3.8) is 0 Å². The van der Waals surface area contributed by atoms with Crippen LogP contribution in [0.4, 0.5) is 5.82 Å². The number of fused-ring (bicyclic) bond motifs is 1. The minimum Gasteiger partial charge on any atom is -0.384 e. The van der Waals surface area contributed by atoms with E-state index in [1.807, 2.05) is 0 Å². The van der Waals surface area contributed by atoms with E-state index >= 15 is 0 Å². The third-order valence-electron chi connectivity index (χ3n) is 1.44. The van der Waals surface area contributed by atoms with Gasteiger partial charge in [0.2, 0.25) is 0 Å². The molecule has 0 atom stereocenters. The van der Waals surface area contributed by atoms with Gasteiger partial charge in [-0.15, -0.1) is 0 Å². The average Bonchev–Trinajstić information content (AvgIpc) is 2.32. The molecule has 0 radical (unpaired) electrons. The molecule has 2 heterocycles. The van der Waals surface area contributed by atoms with E-state index in [1.165, 1.54) is 0 Å². The lowest BCUT2D eigenvalue weighted by Gasteiger charge is -1.88. The Morgan fingerprint density at radius 3 is 3.18 bits per heavy atom. The first-order valence-electron chi connectivity index (χ1n) is 3.02. The summed E-state index contributed by atoms with van der Waals surface area (Å²) < 4.78 is 0. The van der Waals surface area contributed by atoms with Crippen LogP contribution in [0, 0.1) is 0 Å². The van der Waals surface area contributed by atoms with Crippen LogP contribution in [0.1, 0.15) is 0 Å². The standard InChI is InChI=1S/C6H5ClN4/c7-5-1-4-3(2-9-5)6(8)11-10-4/h1-2H,(H3,8,10,11). The molecular formula is C6H5ClN4. The molecule has 0 aromatic carbocycles. The van der Waals surface area contributed by atoms with Crippen molar-refractivity contribution in [1.29, 1.82) is 0 Å². The largest absolute Gasteiger partial charge is 0.384 e. The third-order valence-corrected chi connectivity index (χ3v) is 1.64. The summed E-state index contributed by atoms with van der Waals surface area (Å²) in [7, 11) is 0. The second-order valence-electron chi connectivity index (χ2n) is 2.16. The zero-order chi connectivity index (χ0) is 7.84. The number of nitrogens with two attached hydrogens (primary N) is 1. The monoisotopic (exact) mass is 168 g/mol. The van der Waals surface area contributed by atoms with Gasteiger partial charge < -0.3 is 5.73 Å². The van der Waals surface area contributed by atoms with Gasteiger partial charge in [0.1, 0.15) is 11.0 Å². The lowest BCUT2D eigenvalue weighted by molar-refractivity contribution is 1.13. The van der Waals surface area contributed by atoms with Crippen molar-refractivity contribution in [2.75, 3.05) is 5.73 Å². The van der Waals surface area contributed by atoms with E-state index in [1.54, 1.807) is 12.3 Å². The molecule has 0 unspecified atom stereocenters. The van der Waals surface area contributed by atoms with Crippen LogP contribution < -0.4 is 5.73 Å². The summed E-state index contributed by atoms with van der Waals surface area (Å²) in [6, 6.07) is 1.66. The van der Waals surface area contributed by atoms with Crippen molar-refractivity contribution in [2.24, 2.45) is 0 Å². The quantitative estimate of drug-likeness (QED) is 0.581. The fourth-order valence-electron chi connectivity index (χ4n) is 0.901. The summed E-state index contributed by atoms with van der Waals surface area (Å²) in [5.74, 6) is 0.518. The average molecular weight is 169 g/mol. The molecule has 0 fully saturated rings. The first kappa shape index (κ1) is 6.42. The van der Waals surface area contributed by atoms with Crippen molar-refractivity contribution >= 4 is 28.3 Å². The first-order valence-corrected chi connectivity index (χ1v) is 3.40. The smallest absolute Gasteiger partial charge is 0.131 e. The molecule has 56 valence electrons. The Bertz CT molecular complexity index is 394. The van der Waals surface area contributed by atoms with Crippen molar-refractivity contribution in [3.8, 4) is 0 Å². The highest BCUT2D eigenvalue weighted by atomic mass is 35.5. The molecule has 0 aliphatic carbocycles. The second-order valence-corrected chi connectivity index (χ2v) is 2.55. The van der Waals surface area contributed by atoms with Gasteiger partial charge in [-0.2, -0.15) is 5.10 Å². The van der Waals surface area contributed by atoms with Crippen molar-refractivity contribution in [2.45, 2.75) is 0 Å². The van der Waals surface area contributed by atoms with E-state index in [4.69, 9.17) is 17.3 Å². The Kier molecular flexibility index (Phi) is 1.22. The highest BCUT2D eigenvalue weighted by molar-refractivity contribution is 6.30. The number of hydrogen-bond acceptors (Lipinski definition) is 3. The molecule has 4 nitrogen and oxygen atoms in total. The van der Waals surface area contributed by atoms with Crippen LogP contribution in [0.5, 0.6) is 0 Å². The molecule has 2 rings (SSSR count). The van der Waals surface area contributed by atoms with E-state index in [0.717, 1.165) is 10.9 Å². The number of nitrogen functional groups attached to an aromatic ring is 1. The van der Waals surface area contributed by atoms with E-state index in [-0.39, 0.29) is 0 Å². The predicted molar refractivity (Wildman–Crippen MR) is 43.3 cm³/mol. The summed E-state index contributed by atoms with van der Waals surface area (Å²) in [6.45, 7) is 0. The topological polar surface area (TPSA) is 67.6 Å². The Hall–Kier alpha value is -1.29. The Labute approximate surface area is 67.4 Å². The highest BCUT2D eigenvalue weighted by Gasteiger charge is 2.01. The second kappa shape index (κ2) is 2.10. The van der Waals surface area contributed by atoms with Crippen molar-refractivity contribution < 1.29 is 0 Å². The fraction of sp³-hybridized carbons (Fsp3) is 0. The minimum atomic E-state index is 0.420. The van der Waals surface area contributed by atoms with Crippen LogP contribution in [-0.2, 0) is 0 Å². The number of halogens is 1. The van der Waals surface area contributed by atoms with E-state index in [0.29, 0.717) is 11.0 Å². The van der Waals surface area contributed by atoms with Gasteiger partial charge >= 0.3 is 0 Å². The Morgan fingerprint density at radius 1 is 1.55 bits per heavy atom. The lowest BCUT2D eigenvalue weighted by atomic mass is 10.3. The van der Waals surface area contributed by atoms with Crippen molar-refractivity contribution in [3.05, 3.63) is 17.4 Å². The van der Waals surface area contributed by atoms with Gasteiger partial charge in [-0.3, -0.25) is 5.10 Å². The summed E-state index contributed by atoms with van der Waals surface area (Å²) in [5, 5.41) is 7.76. The number of H-pyrrole nitrogens is 1. The van der Waals surface area contributed by atoms with Gasteiger partial charge in [-0.25, -0.2) is 4.98 Å². The van der Waals surface area contributed by atoms with Gasteiger partial charge in [-0.1, -0.05) is 11.6 Å². The summed E-state index contributed by atoms with van der Waals surface area (Å²) in [6.07, 6.45) is 1.59. The number of aromatic amines is 1. The fourth-order valence-corrected chi connectivity index (χ4v) is 1.05. The SMILES string of the molecule is Nc1[nH]nc2cc(Cl)ncc12. The maximum absolute atomic E-state index is 5.62. The van der Waals surface area contributed by atoms with Crippen molar-refractivity contribution in [1.82, 2.24) is 15.2 Å². The molecule has 0 aliphatic heterocycles. The molecule has 3 N–H and O–H groups in total. The lowest BCUT2D eigenvalue weighted by Crippen LogP contribution is -1.83. The number of rotatable bonds is 0. The van der Waals surface area contributed by atoms with Crippen LogP contribution in [0.3, 0.4) is 0 Å². The van der Waals surface area contributed by atoms with E-state index in [2.05, 4.69) is 15.2 Å². The molecule has 2 aromatic rings. The molecule has 0 saturated carbocycles. The number of anilines is 1. The van der Waals surface area contributed by atoms with Gasteiger partial charge in [-0.05, 0) is 0 Å². The molecule has 0 bridgehead atoms. The molecular weight excluding hydrogens is 164 g/mol. The van der Waals surface area contributed by atoms with Crippen LogP contribution in [0.2, 0.25) is 5.15 Å². The van der Waals surface area contributed by atoms with Crippen LogP contribution >= 0.6 is 11.6 Å². The minimum absolute atomic E-state index is 0.420. The van der Waals surface area contributed by atoms with Gasteiger partial charge in [0.25, 0.3) is 0 Å². The molecule has 11 heavy (non-hydrogen) atoms. The van der Waals surface area contributed by atoms with Gasteiger partial charge in [0.15, 0.2) is 0 Å². The molecule has 0 aliphatic rings. The Morgan fingerprint density at radius 2 is 2.36 bits per heavy atom. The van der Waals surface area contributed by atoms with Crippen LogP contribution in [-0.4, -0.2) is 15.2 Å². The normalized spacial score (nSPS) is 10.6. The zero-order valence-electron chi connectivity index (χ0n) is 5.50. The number of aromatic nitrogens is 3. The summed E-state index contributed by atoms with van der Waals surface area (Å²) in [5.41, 5.74) is 6.26. The molecule has 5 heteroatoms. The molecule has 0 amide bonds. The van der Waals surface area contributed by atoms with E-state index < -0.39 is 0 Å². The summed E-state index contributed by atoms with van der Waals surface area (Å²) in [4.78, 5) is 3.87. The maximum Gasteiger partial charge on any atom is 0.131 e. The third kappa shape index (κ3) is 0.914. The number of nitrogens with one attached hydrogen (secondary N) is 1. The number of pyridine rings is 1. The summed E-state index contributed by atoms with van der Waals surface area (Å²) >= 11 is 5.62. The zero-order valence-corrected chi connectivity index (χ0v) is 6.26. The van der Waals surface area contributed by atoms with Gasteiger partial charge in [0, 0.05) is 12.3 Å². The van der Waals surface area contributed by atoms with E-state index in [9.17, 15) is 0 Å². The Balaban J connectivity index is 2.86. The number of nitrogens with zero attached hydrogens (tertiary/aromatic N) is 2. The molecule has 0 saturated heterocycles. The number of hydrogen-bond donors (Lipinski definition) is 2. The maximum atomic E-state index is 5.62. The predicted octanol–water partition coefficient (Wildman–Crippen LogP) is 1.19.